The molecule has 1 aliphatic heterocycles. The first kappa shape index (κ1) is 19.0. The number of aryl methyl sites for hydroxylation is 1. The molecule has 0 aromatic heterocycles. The van der Waals surface area contributed by atoms with Crippen LogP contribution in [-0.2, 0) is 26.5 Å². The fourth-order valence-electron chi connectivity index (χ4n) is 3.34. The molecule has 0 aliphatic carbocycles. The first-order valence-corrected chi connectivity index (χ1v) is 9.13. The lowest BCUT2D eigenvalue weighted by atomic mass is 9.97. The van der Waals surface area contributed by atoms with E-state index in [1.54, 1.807) is 7.11 Å². The number of methoxy groups -OCH3 is 1. The molecule has 3 rings (SSSR count). The molecule has 3 unspecified atom stereocenters. The molecule has 1 fully saturated rings. The average Bonchev–Trinajstić information content (AvgIpc) is 3.02. The van der Waals surface area contributed by atoms with Crippen LogP contribution in [0.1, 0.15) is 30.4 Å². The summed E-state index contributed by atoms with van der Waals surface area (Å²) in [6.07, 6.45) is 2.46. The van der Waals surface area contributed by atoms with Gasteiger partial charge in [-0.15, -0.1) is 0 Å². The summed E-state index contributed by atoms with van der Waals surface area (Å²) in [5, 5.41) is 10.1. The standard InChI is InChI=1S/C21H27NO4/c1-24-19-20(23)26-22-21(19,18-14-8-3-9-15-18)25-16-10-4-7-13-17-11-5-2-6-12-17/h2-3,5-6,8-9,11-12,14-15,19-20,22-23H,4,7,10,13,16H2,1H3. The van der Waals surface area contributed by atoms with E-state index in [1.165, 1.54) is 5.56 Å². The van der Waals surface area contributed by atoms with Gasteiger partial charge in [0, 0.05) is 19.3 Å². The summed E-state index contributed by atoms with van der Waals surface area (Å²) in [5.41, 5.74) is 4.08. The minimum atomic E-state index is -1.08. The van der Waals surface area contributed by atoms with E-state index < -0.39 is 18.1 Å². The Balaban J connectivity index is 1.54. The van der Waals surface area contributed by atoms with Crippen LogP contribution in [0.5, 0.6) is 0 Å². The number of unbranched alkanes of at least 4 members (excludes halogenated alkanes) is 2. The average molecular weight is 357 g/mol. The molecular formula is C21H27NO4. The van der Waals surface area contributed by atoms with Crippen molar-refractivity contribution in [1.29, 1.82) is 0 Å². The van der Waals surface area contributed by atoms with Crippen LogP contribution in [0.25, 0.3) is 0 Å². The lowest BCUT2D eigenvalue weighted by molar-refractivity contribution is -0.157. The van der Waals surface area contributed by atoms with Gasteiger partial charge in [-0.2, -0.15) is 5.48 Å². The van der Waals surface area contributed by atoms with Crippen LogP contribution in [0.15, 0.2) is 60.7 Å². The maximum absolute atomic E-state index is 10.1. The van der Waals surface area contributed by atoms with Crippen LogP contribution in [0.3, 0.4) is 0 Å². The fraction of sp³-hybridized carbons (Fsp3) is 0.429. The van der Waals surface area contributed by atoms with Gasteiger partial charge in [-0.25, -0.2) is 0 Å². The third-order valence-corrected chi connectivity index (χ3v) is 4.73. The number of benzene rings is 2. The summed E-state index contributed by atoms with van der Waals surface area (Å²) in [5.74, 6) is 0. The molecular weight excluding hydrogens is 330 g/mol. The quantitative estimate of drug-likeness (QED) is 0.675. The molecule has 5 heteroatoms. The zero-order chi connectivity index (χ0) is 18.2. The van der Waals surface area contributed by atoms with Crippen LogP contribution in [0.4, 0.5) is 0 Å². The lowest BCUT2D eigenvalue weighted by Crippen LogP contribution is -2.49. The first-order valence-electron chi connectivity index (χ1n) is 9.13. The molecule has 1 heterocycles. The minimum absolute atomic E-state index is 0.548. The predicted octanol–water partition coefficient (Wildman–Crippen LogP) is 3.14. The van der Waals surface area contributed by atoms with E-state index in [2.05, 4.69) is 29.7 Å². The van der Waals surface area contributed by atoms with Gasteiger partial charge in [-0.1, -0.05) is 67.1 Å². The Hall–Kier alpha value is -1.76. The third-order valence-electron chi connectivity index (χ3n) is 4.73. The summed E-state index contributed by atoms with van der Waals surface area (Å²) in [6, 6.07) is 20.2. The normalized spacial score (nSPS) is 25.5. The molecule has 1 saturated heterocycles. The molecule has 2 N–H and O–H groups in total. The van der Waals surface area contributed by atoms with E-state index >= 15 is 0 Å². The second kappa shape index (κ2) is 9.26. The van der Waals surface area contributed by atoms with Crippen molar-refractivity contribution >= 4 is 0 Å². The molecule has 0 amide bonds. The van der Waals surface area contributed by atoms with Gasteiger partial charge in [0.05, 0.1) is 0 Å². The Bertz CT molecular complexity index is 652. The van der Waals surface area contributed by atoms with Gasteiger partial charge in [-0.05, 0) is 24.8 Å². The molecule has 1 aliphatic rings. The van der Waals surface area contributed by atoms with Crippen molar-refractivity contribution in [1.82, 2.24) is 5.48 Å². The van der Waals surface area contributed by atoms with Gasteiger partial charge in [0.1, 0.15) is 0 Å². The molecule has 2 aromatic carbocycles. The number of aliphatic hydroxyl groups is 1. The predicted molar refractivity (Wildman–Crippen MR) is 99.1 cm³/mol. The molecule has 26 heavy (non-hydrogen) atoms. The van der Waals surface area contributed by atoms with Crippen LogP contribution in [-0.4, -0.2) is 31.2 Å². The molecule has 0 bridgehead atoms. The van der Waals surface area contributed by atoms with E-state index in [4.69, 9.17) is 14.3 Å². The number of ether oxygens (including phenoxy) is 2. The molecule has 3 atom stereocenters. The molecule has 0 saturated carbocycles. The van der Waals surface area contributed by atoms with Gasteiger partial charge in [0.25, 0.3) is 0 Å². The van der Waals surface area contributed by atoms with Crippen LogP contribution < -0.4 is 5.48 Å². The van der Waals surface area contributed by atoms with E-state index in [1.807, 2.05) is 36.4 Å². The van der Waals surface area contributed by atoms with Crippen molar-refractivity contribution in [2.24, 2.45) is 0 Å². The van der Waals surface area contributed by atoms with Crippen molar-refractivity contribution in [3.8, 4) is 0 Å². The summed E-state index contributed by atoms with van der Waals surface area (Å²) in [7, 11) is 1.55. The highest BCUT2D eigenvalue weighted by atomic mass is 16.8. The lowest BCUT2D eigenvalue weighted by Gasteiger charge is -2.33. The SMILES string of the molecule is COC1C(O)ONC1(OCCCCCc1ccccc1)c1ccccc1. The number of hydroxylamine groups is 1. The Morgan fingerprint density at radius 3 is 2.38 bits per heavy atom. The van der Waals surface area contributed by atoms with Crippen LogP contribution >= 0.6 is 0 Å². The maximum atomic E-state index is 10.1. The zero-order valence-electron chi connectivity index (χ0n) is 15.1. The number of rotatable bonds is 9. The molecule has 140 valence electrons. The van der Waals surface area contributed by atoms with E-state index in [9.17, 15) is 5.11 Å². The Morgan fingerprint density at radius 1 is 1.00 bits per heavy atom. The summed E-state index contributed by atoms with van der Waals surface area (Å²) in [4.78, 5) is 5.22. The van der Waals surface area contributed by atoms with Gasteiger partial charge in [-0.3, -0.25) is 4.84 Å². The van der Waals surface area contributed by atoms with Crippen LogP contribution in [0, 0.1) is 0 Å². The van der Waals surface area contributed by atoms with Gasteiger partial charge < -0.3 is 14.6 Å². The van der Waals surface area contributed by atoms with Crippen molar-refractivity contribution in [3.63, 3.8) is 0 Å². The van der Waals surface area contributed by atoms with E-state index in [0.29, 0.717) is 6.61 Å². The molecule has 2 aromatic rings. The van der Waals surface area contributed by atoms with E-state index in [-0.39, 0.29) is 0 Å². The topological polar surface area (TPSA) is 60.0 Å². The monoisotopic (exact) mass is 357 g/mol. The highest BCUT2D eigenvalue weighted by Crippen LogP contribution is 2.35. The summed E-state index contributed by atoms with van der Waals surface area (Å²) < 4.78 is 11.6. The number of nitrogens with one attached hydrogen (secondary N) is 1. The van der Waals surface area contributed by atoms with Crippen molar-refractivity contribution in [3.05, 3.63) is 71.8 Å². The van der Waals surface area contributed by atoms with Crippen molar-refractivity contribution < 1.29 is 19.4 Å². The molecule has 0 radical (unpaired) electrons. The summed E-state index contributed by atoms with van der Waals surface area (Å²) in [6.45, 7) is 0.548. The second-order valence-electron chi connectivity index (χ2n) is 6.51. The minimum Gasteiger partial charge on any atom is -0.371 e. The molecule has 5 nitrogen and oxygen atoms in total. The fourth-order valence-corrected chi connectivity index (χ4v) is 3.34. The van der Waals surface area contributed by atoms with E-state index in [0.717, 1.165) is 31.2 Å². The van der Waals surface area contributed by atoms with Gasteiger partial charge in [0.15, 0.2) is 11.8 Å². The summed E-state index contributed by atoms with van der Waals surface area (Å²) >= 11 is 0. The number of hydrogen-bond acceptors (Lipinski definition) is 5. The Morgan fingerprint density at radius 2 is 1.69 bits per heavy atom. The van der Waals surface area contributed by atoms with Gasteiger partial charge in [0.2, 0.25) is 6.29 Å². The number of aliphatic hydroxyl groups excluding tert-OH is 1. The van der Waals surface area contributed by atoms with Crippen LogP contribution in [0.2, 0.25) is 0 Å². The second-order valence-corrected chi connectivity index (χ2v) is 6.51. The highest BCUT2D eigenvalue weighted by molar-refractivity contribution is 5.24. The smallest absolute Gasteiger partial charge is 0.205 e. The number of hydrogen-bond donors (Lipinski definition) is 2. The Labute approximate surface area is 154 Å². The first-order chi connectivity index (χ1) is 12.8. The maximum Gasteiger partial charge on any atom is 0.205 e. The van der Waals surface area contributed by atoms with Gasteiger partial charge >= 0.3 is 0 Å². The van der Waals surface area contributed by atoms with Crippen molar-refractivity contribution in [2.45, 2.75) is 43.8 Å². The Kier molecular flexibility index (Phi) is 6.77. The van der Waals surface area contributed by atoms with Crippen molar-refractivity contribution in [2.75, 3.05) is 13.7 Å². The largest absolute Gasteiger partial charge is 0.371 e. The highest BCUT2D eigenvalue weighted by Gasteiger charge is 2.52. The third kappa shape index (κ3) is 4.31. The zero-order valence-corrected chi connectivity index (χ0v) is 15.1. The molecule has 0 spiro atoms.